The van der Waals surface area contributed by atoms with Crippen LogP contribution in [0.4, 0.5) is 0 Å². The molecule has 1 fully saturated rings. The summed E-state index contributed by atoms with van der Waals surface area (Å²) in [5, 5.41) is 8.67. The summed E-state index contributed by atoms with van der Waals surface area (Å²) in [4.78, 5) is 28.6. The topological polar surface area (TPSA) is 70.5 Å². The quantitative estimate of drug-likeness (QED) is 0.833. The summed E-state index contributed by atoms with van der Waals surface area (Å²) in [5.41, 5.74) is 1.00. The van der Waals surface area contributed by atoms with E-state index in [0.717, 1.165) is 12.6 Å². The molecule has 0 radical (unpaired) electrons. The van der Waals surface area contributed by atoms with Gasteiger partial charge in [0.05, 0.1) is 0 Å². The second kappa shape index (κ2) is 5.86. The molecule has 5 heteroatoms. The summed E-state index contributed by atoms with van der Waals surface area (Å²) < 4.78 is 0. The lowest BCUT2D eigenvalue weighted by Gasteiger charge is -2.18. The Hall–Kier alpha value is -2.17. The largest absolute Gasteiger partial charge is 0.478 e. The fourth-order valence-corrected chi connectivity index (χ4v) is 2.19. The molecule has 2 unspecified atom stereocenters. The molecule has 1 heterocycles. The molecule has 1 N–H and O–H groups in total. The first kappa shape index (κ1) is 14.2. The van der Waals surface area contributed by atoms with Gasteiger partial charge in [0, 0.05) is 43.2 Å². The average molecular weight is 274 g/mol. The van der Waals surface area contributed by atoms with Gasteiger partial charge in [0.25, 0.3) is 5.91 Å². The molecular weight excluding hydrogens is 256 g/mol. The lowest BCUT2D eigenvalue weighted by molar-refractivity contribution is -0.131. The van der Waals surface area contributed by atoms with Crippen LogP contribution in [0, 0.1) is 11.8 Å². The zero-order valence-electron chi connectivity index (χ0n) is 11.6. The molecule has 1 aromatic rings. The van der Waals surface area contributed by atoms with Crippen molar-refractivity contribution in [3.8, 4) is 0 Å². The summed E-state index contributed by atoms with van der Waals surface area (Å²) in [5.74, 6) is 0.127. The second-order valence-corrected chi connectivity index (χ2v) is 5.29. The van der Waals surface area contributed by atoms with Crippen molar-refractivity contribution in [1.29, 1.82) is 0 Å². The third-order valence-electron chi connectivity index (χ3n) is 3.62. The van der Waals surface area contributed by atoms with Crippen molar-refractivity contribution in [3.05, 3.63) is 35.7 Å². The van der Waals surface area contributed by atoms with Gasteiger partial charge in [-0.15, -0.1) is 0 Å². The Balaban J connectivity index is 2.14. The molecule has 1 saturated carbocycles. The van der Waals surface area contributed by atoms with E-state index in [9.17, 15) is 9.59 Å². The Morgan fingerprint density at radius 1 is 1.55 bits per heavy atom. The van der Waals surface area contributed by atoms with Crippen LogP contribution >= 0.6 is 0 Å². The Labute approximate surface area is 117 Å². The maximum Gasteiger partial charge on any atom is 0.328 e. The van der Waals surface area contributed by atoms with Crippen LogP contribution in [0.25, 0.3) is 6.08 Å². The number of hydrogen-bond donors (Lipinski definition) is 1. The Morgan fingerprint density at radius 2 is 2.25 bits per heavy atom. The summed E-state index contributed by atoms with van der Waals surface area (Å²) >= 11 is 0. The van der Waals surface area contributed by atoms with Gasteiger partial charge in [-0.05, 0) is 30.4 Å². The summed E-state index contributed by atoms with van der Waals surface area (Å²) in [6.45, 7) is 2.92. The number of rotatable bonds is 5. The molecule has 106 valence electrons. The molecule has 1 aliphatic rings. The zero-order chi connectivity index (χ0) is 14.7. The zero-order valence-corrected chi connectivity index (χ0v) is 11.6. The molecule has 2 rings (SSSR count). The summed E-state index contributed by atoms with van der Waals surface area (Å²) in [7, 11) is 1.78. The number of hydrogen-bond acceptors (Lipinski definition) is 3. The van der Waals surface area contributed by atoms with Gasteiger partial charge in [-0.3, -0.25) is 9.78 Å². The number of pyridine rings is 1. The first-order valence-corrected chi connectivity index (χ1v) is 6.59. The van der Waals surface area contributed by atoms with Gasteiger partial charge in [-0.1, -0.05) is 6.92 Å². The summed E-state index contributed by atoms with van der Waals surface area (Å²) in [6.07, 6.45) is 6.62. The minimum absolute atomic E-state index is 0.100. The number of carbonyl (C=O) groups excluding carboxylic acids is 1. The van der Waals surface area contributed by atoms with Crippen molar-refractivity contribution in [3.63, 3.8) is 0 Å². The maximum absolute atomic E-state index is 12.4. The molecule has 0 saturated heterocycles. The lowest BCUT2D eigenvalue weighted by Crippen LogP contribution is -2.29. The van der Waals surface area contributed by atoms with Crippen molar-refractivity contribution in [2.75, 3.05) is 13.6 Å². The van der Waals surface area contributed by atoms with Gasteiger partial charge in [-0.2, -0.15) is 0 Å². The van der Waals surface area contributed by atoms with Crippen LogP contribution in [-0.4, -0.2) is 40.5 Å². The predicted molar refractivity (Wildman–Crippen MR) is 75.1 cm³/mol. The van der Waals surface area contributed by atoms with Crippen LogP contribution in [-0.2, 0) is 4.79 Å². The normalized spacial score (nSPS) is 20.9. The number of amides is 1. The minimum atomic E-state index is -1.05. The molecule has 5 nitrogen and oxygen atoms in total. The van der Waals surface area contributed by atoms with Gasteiger partial charge in [0.15, 0.2) is 0 Å². The average Bonchev–Trinajstić information content (AvgIpc) is 3.11. The van der Waals surface area contributed by atoms with E-state index in [4.69, 9.17) is 5.11 Å². The highest BCUT2D eigenvalue weighted by Gasteiger charge is 2.34. The van der Waals surface area contributed by atoms with E-state index in [-0.39, 0.29) is 5.91 Å². The summed E-state index contributed by atoms with van der Waals surface area (Å²) in [6, 6.07) is 1.62. The molecular formula is C15H18N2O3. The van der Waals surface area contributed by atoms with Crippen LogP contribution < -0.4 is 0 Å². The number of carboxylic acid groups (broad SMARTS) is 1. The van der Waals surface area contributed by atoms with Crippen molar-refractivity contribution in [2.45, 2.75) is 13.3 Å². The Bertz CT molecular complexity index is 554. The smallest absolute Gasteiger partial charge is 0.328 e. The highest BCUT2D eigenvalue weighted by atomic mass is 16.4. The number of nitrogens with zero attached hydrogens (tertiary/aromatic N) is 2. The van der Waals surface area contributed by atoms with E-state index < -0.39 is 5.97 Å². The van der Waals surface area contributed by atoms with Crippen molar-refractivity contribution >= 4 is 18.0 Å². The second-order valence-electron chi connectivity index (χ2n) is 5.29. The van der Waals surface area contributed by atoms with E-state index in [1.165, 1.54) is 18.7 Å². The number of carboxylic acids is 1. The van der Waals surface area contributed by atoms with Gasteiger partial charge >= 0.3 is 5.97 Å². The van der Waals surface area contributed by atoms with Crippen molar-refractivity contribution in [2.24, 2.45) is 11.8 Å². The monoisotopic (exact) mass is 274 g/mol. The van der Waals surface area contributed by atoms with E-state index in [1.807, 2.05) is 0 Å². The van der Waals surface area contributed by atoms with E-state index in [2.05, 4.69) is 11.9 Å². The number of aromatic nitrogens is 1. The molecule has 2 atom stereocenters. The third-order valence-corrected chi connectivity index (χ3v) is 3.62. The van der Waals surface area contributed by atoms with Crippen LogP contribution in [0.3, 0.4) is 0 Å². The van der Waals surface area contributed by atoms with Crippen LogP contribution in [0.2, 0.25) is 0 Å². The maximum atomic E-state index is 12.4. The van der Waals surface area contributed by atoms with Gasteiger partial charge in [0.2, 0.25) is 0 Å². The third kappa shape index (κ3) is 3.44. The molecule has 1 amide bonds. The van der Waals surface area contributed by atoms with E-state index in [1.54, 1.807) is 24.2 Å². The first-order valence-electron chi connectivity index (χ1n) is 6.59. The molecule has 0 aliphatic heterocycles. The van der Waals surface area contributed by atoms with Crippen LogP contribution in [0.5, 0.6) is 0 Å². The SMILES string of the molecule is CC1CC1CN(C)C(=O)c1ccncc1C=CC(=O)O. The van der Waals surface area contributed by atoms with E-state index >= 15 is 0 Å². The molecule has 0 aromatic carbocycles. The standard InChI is InChI=1S/C15H18N2O3/c1-10-7-12(10)9-17(2)15(20)13-5-6-16-8-11(13)3-4-14(18)19/h3-6,8,10,12H,7,9H2,1-2H3,(H,18,19). The lowest BCUT2D eigenvalue weighted by atomic mass is 10.1. The van der Waals surface area contributed by atoms with Crippen LogP contribution in [0.1, 0.15) is 29.3 Å². The van der Waals surface area contributed by atoms with Crippen LogP contribution in [0.15, 0.2) is 24.5 Å². The highest BCUT2D eigenvalue weighted by molar-refractivity contribution is 5.98. The molecule has 1 aromatic heterocycles. The molecule has 20 heavy (non-hydrogen) atoms. The van der Waals surface area contributed by atoms with Crippen molar-refractivity contribution in [1.82, 2.24) is 9.88 Å². The molecule has 0 spiro atoms. The number of aliphatic carboxylic acids is 1. The van der Waals surface area contributed by atoms with Gasteiger partial charge in [0.1, 0.15) is 0 Å². The van der Waals surface area contributed by atoms with E-state index in [0.29, 0.717) is 23.0 Å². The van der Waals surface area contributed by atoms with Crippen molar-refractivity contribution < 1.29 is 14.7 Å². The Morgan fingerprint density at radius 3 is 2.85 bits per heavy atom. The molecule has 0 bridgehead atoms. The number of carbonyl (C=O) groups is 2. The Kier molecular flexibility index (Phi) is 4.17. The fraction of sp³-hybridized carbons (Fsp3) is 0.400. The minimum Gasteiger partial charge on any atom is -0.478 e. The first-order chi connectivity index (χ1) is 9.49. The predicted octanol–water partition coefficient (Wildman–Crippen LogP) is 1.91. The van der Waals surface area contributed by atoms with Gasteiger partial charge in [-0.25, -0.2) is 4.79 Å². The fourth-order valence-electron chi connectivity index (χ4n) is 2.19. The van der Waals surface area contributed by atoms with Gasteiger partial charge < -0.3 is 10.0 Å². The molecule has 1 aliphatic carbocycles. The highest BCUT2D eigenvalue weighted by Crippen LogP contribution is 2.38.